The molecule has 1 aromatic heterocycles. The molecular weight excluding hydrogens is 185 g/mol. The van der Waals surface area contributed by atoms with Crippen molar-refractivity contribution in [2.24, 2.45) is 0 Å². The van der Waals surface area contributed by atoms with Gasteiger partial charge in [0.05, 0.1) is 0 Å². The highest BCUT2D eigenvalue weighted by atomic mass is 19.4. The van der Waals surface area contributed by atoms with E-state index >= 15 is 0 Å². The number of carbonyl (C=O) groups excluding carboxylic acids is 1. The summed E-state index contributed by atoms with van der Waals surface area (Å²) < 4.78 is 35.8. The number of halogens is 3. The van der Waals surface area contributed by atoms with Crippen LogP contribution in [0.4, 0.5) is 13.2 Å². The largest absolute Gasteiger partial charge is 0.435 e. The Morgan fingerprint density at radius 2 is 1.92 bits per heavy atom. The van der Waals surface area contributed by atoms with E-state index in [-0.39, 0.29) is 5.69 Å². The van der Waals surface area contributed by atoms with Crippen LogP contribution in [-0.2, 0) is 6.18 Å². The highest BCUT2D eigenvalue weighted by Crippen LogP contribution is 2.26. The number of hydrogen-bond donors (Lipinski definition) is 0. The van der Waals surface area contributed by atoms with Crippen molar-refractivity contribution in [2.45, 2.75) is 13.1 Å². The predicted octanol–water partition coefficient (Wildman–Crippen LogP) is 1.70. The molecule has 3 nitrogen and oxygen atoms in total. The molecule has 0 spiro atoms. The van der Waals surface area contributed by atoms with Gasteiger partial charge in [-0.15, -0.1) is 10.2 Å². The van der Waals surface area contributed by atoms with Crippen molar-refractivity contribution >= 4 is 5.78 Å². The van der Waals surface area contributed by atoms with Gasteiger partial charge in [-0.2, -0.15) is 13.2 Å². The van der Waals surface area contributed by atoms with E-state index < -0.39 is 17.7 Å². The maximum Gasteiger partial charge on any atom is 0.435 e. The third kappa shape index (κ3) is 2.24. The molecule has 0 unspecified atom stereocenters. The molecule has 0 bridgehead atoms. The molecule has 0 aromatic carbocycles. The molecule has 0 fully saturated rings. The van der Waals surface area contributed by atoms with Crippen LogP contribution in [0.3, 0.4) is 0 Å². The molecule has 6 heteroatoms. The molecule has 13 heavy (non-hydrogen) atoms. The fourth-order valence-electron chi connectivity index (χ4n) is 0.671. The maximum atomic E-state index is 11.9. The Morgan fingerprint density at radius 1 is 1.31 bits per heavy atom. The molecule has 0 radical (unpaired) electrons. The third-order valence-electron chi connectivity index (χ3n) is 1.32. The quantitative estimate of drug-likeness (QED) is 0.633. The number of rotatable bonds is 1. The van der Waals surface area contributed by atoms with Crippen LogP contribution in [0.5, 0.6) is 0 Å². The van der Waals surface area contributed by atoms with Crippen LogP contribution in [0.25, 0.3) is 0 Å². The average Bonchev–Trinajstić information content (AvgIpc) is 2.03. The predicted molar refractivity (Wildman–Crippen MR) is 37.0 cm³/mol. The molecule has 1 heterocycles. The summed E-state index contributed by atoms with van der Waals surface area (Å²) in [7, 11) is 0. The summed E-state index contributed by atoms with van der Waals surface area (Å²) >= 11 is 0. The van der Waals surface area contributed by atoms with Gasteiger partial charge in [0.2, 0.25) is 0 Å². The minimum atomic E-state index is -4.51. The molecular formula is C7H5F3N2O. The van der Waals surface area contributed by atoms with E-state index in [0.29, 0.717) is 0 Å². The monoisotopic (exact) mass is 190 g/mol. The molecule has 0 aliphatic heterocycles. The summed E-state index contributed by atoms with van der Waals surface area (Å²) in [6, 6.07) is 1.72. The summed E-state index contributed by atoms with van der Waals surface area (Å²) in [6.07, 6.45) is -4.51. The average molecular weight is 190 g/mol. The lowest BCUT2D eigenvalue weighted by molar-refractivity contribution is -0.141. The van der Waals surface area contributed by atoms with Gasteiger partial charge in [-0.25, -0.2) is 0 Å². The topological polar surface area (TPSA) is 42.9 Å². The van der Waals surface area contributed by atoms with E-state index in [4.69, 9.17) is 0 Å². The van der Waals surface area contributed by atoms with Crippen molar-refractivity contribution in [3.05, 3.63) is 23.5 Å². The second kappa shape index (κ2) is 3.12. The summed E-state index contributed by atoms with van der Waals surface area (Å²) in [5.41, 5.74) is -1.18. The number of aromatic nitrogens is 2. The number of ketones is 1. The fraction of sp³-hybridized carbons (Fsp3) is 0.286. The van der Waals surface area contributed by atoms with E-state index in [2.05, 4.69) is 10.2 Å². The van der Waals surface area contributed by atoms with Crippen molar-refractivity contribution in [3.8, 4) is 0 Å². The summed E-state index contributed by atoms with van der Waals surface area (Å²) in [5.74, 6) is -0.416. The van der Waals surface area contributed by atoms with E-state index in [0.717, 1.165) is 12.1 Å². The van der Waals surface area contributed by atoms with Gasteiger partial charge in [0, 0.05) is 6.92 Å². The lowest BCUT2D eigenvalue weighted by Gasteiger charge is -2.03. The second-order valence-electron chi connectivity index (χ2n) is 2.36. The summed E-state index contributed by atoms with van der Waals surface area (Å²) in [6.45, 7) is 1.21. The zero-order valence-electron chi connectivity index (χ0n) is 6.59. The van der Waals surface area contributed by atoms with Crippen molar-refractivity contribution in [2.75, 3.05) is 0 Å². The van der Waals surface area contributed by atoms with Gasteiger partial charge in [-0.1, -0.05) is 0 Å². The third-order valence-corrected chi connectivity index (χ3v) is 1.32. The Morgan fingerprint density at radius 3 is 2.23 bits per heavy atom. The highest BCUT2D eigenvalue weighted by molar-refractivity contribution is 5.91. The van der Waals surface area contributed by atoms with Gasteiger partial charge in [0.1, 0.15) is 5.69 Å². The molecule has 0 atom stereocenters. The standard InChI is InChI=1S/C7H5F3N2O/c1-4(13)5-2-3-6(12-11-5)7(8,9)10/h2-3H,1H3. The lowest BCUT2D eigenvalue weighted by atomic mass is 10.3. The first-order valence-electron chi connectivity index (χ1n) is 3.33. The van der Waals surface area contributed by atoms with Crippen LogP contribution in [0.15, 0.2) is 12.1 Å². The van der Waals surface area contributed by atoms with Crippen LogP contribution in [0.1, 0.15) is 23.1 Å². The van der Waals surface area contributed by atoms with Crippen LogP contribution in [0, 0.1) is 0 Å². The Balaban J connectivity index is 3.01. The van der Waals surface area contributed by atoms with Crippen molar-refractivity contribution in [1.82, 2.24) is 10.2 Å². The first kappa shape index (κ1) is 9.63. The molecule has 0 saturated carbocycles. The van der Waals surface area contributed by atoms with Crippen molar-refractivity contribution < 1.29 is 18.0 Å². The Bertz CT molecular complexity index is 318. The molecule has 0 saturated heterocycles. The van der Waals surface area contributed by atoms with Crippen LogP contribution < -0.4 is 0 Å². The fourth-order valence-corrected chi connectivity index (χ4v) is 0.671. The van der Waals surface area contributed by atoms with Gasteiger partial charge < -0.3 is 0 Å². The smallest absolute Gasteiger partial charge is 0.293 e. The molecule has 70 valence electrons. The first-order chi connectivity index (χ1) is 5.91. The second-order valence-corrected chi connectivity index (χ2v) is 2.36. The molecule has 1 rings (SSSR count). The number of carbonyl (C=O) groups is 1. The SMILES string of the molecule is CC(=O)c1ccc(C(F)(F)F)nn1. The minimum Gasteiger partial charge on any atom is -0.293 e. The number of nitrogens with zero attached hydrogens (tertiary/aromatic N) is 2. The van der Waals surface area contributed by atoms with E-state index in [1.165, 1.54) is 6.92 Å². The Labute approximate surface area is 71.6 Å². The lowest BCUT2D eigenvalue weighted by Crippen LogP contribution is -2.10. The summed E-state index contributed by atoms with van der Waals surface area (Å²) in [5, 5.41) is 6.00. The van der Waals surface area contributed by atoms with E-state index in [9.17, 15) is 18.0 Å². The minimum absolute atomic E-state index is 0.0759. The van der Waals surface area contributed by atoms with Crippen LogP contribution in [-0.4, -0.2) is 16.0 Å². The zero-order valence-corrected chi connectivity index (χ0v) is 6.59. The molecule has 0 amide bonds. The van der Waals surface area contributed by atoms with E-state index in [1.54, 1.807) is 0 Å². The number of hydrogen-bond acceptors (Lipinski definition) is 3. The van der Waals surface area contributed by atoms with Gasteiger partial charge in [0.15, 0.2) is 11.5 Å². The number of Topliss-reactive ketones (excluding diaryl/α,β-unsaturated/α-hetero) is 1. The Kier molecular flexibility index (Phi) is 2.31. The van der Waals surface area contributed by atoms with Crippen molar-refractivity contribution in [1.29, 1.82) is 0 Å². The Hall–Kier alpha value is -1.46. The molecule has 0 aliphatic rings. The van der Waals surface area contributed by atoms with Crippen molar-refractivity contribution in [3.63, 3.8) is 0 Å². The van der Waals surface area contributed by atoms with Gasteiger partial charge >= 0.3 is 6.18 Å². The van der Waals surface area contributed by atoms with E-state index in [1.807, 2.05) is 0 Å². The van der Waals surface area contributed by atoms with Gasteiger partial charge in [-0.05, 0) is 12.1 Å². The molecule has 0 aliphatic carbocycles. The zero-order chi connectivity index (χ0) is 10.1. The molecule has 0 N–H and O–H groups in total. The number of alkyl halides is 3. The van der Waals surface area contributed by atoms with Crippen LogP contribution >= 0.6 is 0 Å². The highest BCUT2D eigenvalue weighted by Gasteiger charge is 2.32. The maximum absolute atomic E-state index is 11.9. The first-order valence-corrected chi connectivity index (χ1v) is 3.33. The summed E-state index contributed by atoms with van der Waals surface area (Å²) in [4.78, 5) is 10.6. The normalized spacial score (nSPS) is 11.4. The van der Waals surface area contributed by atoms with Gasteiger partial charge in [-0.3, -0.25) is 4.79 Å². The van der Waals surface area contributed by atoms with Gasteiger partial charge in [0.25, 0.3) is 0 Å². The van der Waals surface area contributed by atoms with Crippen LogP contribution in [0.2, 0.25) is 0 Å². The molecule has 1 aromatic rings.